The predicted molar refractivity (Wildman–Crippen MR) is 113 cm³/mol. The van der Waals surface area contributed by atoms with Crippen LogP contribution in [0, 0.1) is 5.41 Å². The van der Waals surface area contributed by atoms with Crippen molar-refractivity contribution in [3.05, 3.63) is 34.9 Å². The number of ketones is 1. The average molecular weight is 435 g/mol. The lowest BCUT2D eigenvalue weighted by Gasteiger charge is -2.34. The van der Waals surface area contributed by atoms with E-state index >= 15 is 0 Å². The molecule has 1 fully saturated rings. The van der Waals surface area contributed by atoms with E-state index in [-0.39, 0.29) is 25.3 Å². The van der Waals surface area contributed by atoms with Crippen molar-refractivity contribution in [3.8, 4) is 0 Å². The van der Waals surface area contributed by atoms with Crippen LogP contribution in [0.25, 0.3) is 0 Å². The van der Waals surface area contributed by atoms with E-state index in [2.05, 4.69) is 10.6 Å². The molecule has 1 aromatic rings. The largest absolute Gasteiger partial charge is 0.350 e. The van der Waals surface area contributed by atoms with E-state index in [0.29, 0.717) is 24.2 Å². The summed E-state index contributed by atoms with van der Waals surface area (Å²) < 4.78 is 0. The third kappa shape index (κ3) is 6.95. The van der Waals surface area contributed by atoms with E-state index < -0.39 is 29.7 Å². The highest BCUT2D eigenvalue weighted by atomic mass is 35.5. The summed E-state index contributed by atoms with van der Waals surface area (Å²) in [5, 5.41) is 13.1. The molecule has 3 N–H and O–H groups in total. The van der Waals surface area contributed by atoms with Crippen LogP contribution < -0.4 is 10.6 Å². The van der Waals surface area contributed by atoms with E-state index in [0.717, 1.165) is 18.4 Å². The van der Waals surface area contributed by atoms with Crippen LogP contribution in [0.2, 0.25) is 5.02 Å². The average Bonchev–Trinajstić information content (AvgIpc) is 2.75. The van der Waals surface area contributed by atoms with Crippen molar-refractivity contribution < 1.29 is 19.2 Å². The molecular weight excluding hydrogens is 408 g/mol. The van der Waals surface area contributed by atoms with Gasteiger partial charge in [-0.05, 0) is 43.4 Å². The van der Waals surface area contributed by atoms with Crippen molar-refractivity contribution >= 4 is 41.3 Å². The summed E-state index contributed by atoms with van der Waals surface area (Å²) >= 11 is 5.86. The maximum Gasteiger partial charge on any atom is 0.243 e. The second-order valence-electron chi connectivity index (χ2n) is 7.28. The first-order valence-electron chi connectivity index (χ1n) is 9.95. The Morgan fingerprint density at radius 1 is 1.23 bits per heavy atom. The number of nitrogens with one attached hydrogen (secondary N) is 3. The van der Waals surface area contributed by atoms with Gasteiger partial charge in [0.2, 0.25) is 17.7 Å². The highest BCUT2D eigenvalue weighted by Crippen LogP contribution is 2.18. The first-order chi connectivity index (χ1) is 14.3. The van der Waals surface area contributed by atoms with Crippen molar-refractivity contribution in [2.24, 2.45) is 0 Å². The Labute approximate surface area is 180 Å². The summed E-state index contributed by atoms with van der Waals surface area (Å²) in [5.41, 5.74) is 0.837. The minimum absolute atomic E-state index is 0.0378. The highest BCUT2D eigenvalue weighted by Gasteiger charge is 2.32. The number of amides is 3. The number of nitrogens with zero attached hydrogens (tertiary/aromatic N) is 1. The van der Waals surface area contributed by atoms with Crippen LogP contribution in [0.15, 0.2) is 24.3 Å². The number of Topliss-reactive ketones (excluding diaryl/α,β-unsaturated/α-hetero) is 1. The van der Waals surface area contributed by atoms with E-state index in [4.69, 9.17) is 17.0 Å². The molecular formula is C21H27ClN4O4. The Morgan fingerprint density at radius 2 is 1.93 bits per heavy atom. The molecule has 0 aliphatic carbocycles. The Kier molecular flexibility index (Phi) is 8.98. The Hall–Kier alpha value is -2.74. The fraction of sp³-hybridized carbons (Fsp3) is 0.476. The van der Waals surface area contributed by atoms with Gasteiger partial charge in [0, 0.05) is 31.5 Å². The number of carbonyl (C=O) groups excluding carboxylic acids is 4. The molecule has 2 rings (SSSR count). The van der Waals surface area contributed by atoms with Gasteiger partial charge in [-0.1, -0.05) is 23.7 Å². The maximum atomic E-state index is 12.8. The number of benzene rings is 1. The van der Waals surface area contributed by atoms with Crippen LogP contribution in [0.5, 0.6) is 0 Å². The number of hydrogen-bond donors (Lipinski definition) is 3. The first-order valence-corrected chi connectivity index (χ1v) is 10.3. The molecule has 1 aliphatic rings. The summed E-state index contributed by atoms with van der Waals surface area (Å²) in [5.74, 6) is -1.44. The summed E-state index contributed by atoms with van der Waals surface area (Å²) in [6.07, 6.45) is 2.92. The number of rotatable bonds is 9. The van der Waals surface area contributed by atoms with Gasteiger partial charge in [-0.3, -0.25) is 19.2 Å². The molecule has 1 aliphatic heterocycles. The molecule has 30 heavy (non-hydrogen) atoms. The molecule has 3 amide bonds. The normalized spacial score (nSPS) is 17.0. The van der Waals surface area contributed by atoms with E-state index in [1.54, 1.807) is 24.3 Å². The van der Waals surface area contributed by atoms with Crippen molar-refractivity contribution in [3.63, 3.8) is 0 Å². The van der Waals surface area contributed by atoms with Crippen LogP contribution in [0.4, 0.5) is 0 Å². The summed E-state index contributed by atoms with van der Waals surface area (Å²) in [6.45, 7) is 2.17. The molecule has 0 spiro atoms. The van der Waals surface area contributed by atoms with Crippen molar-refractivity contribution in [2.75, 3.05) is 6.54 Å². The van der Waals surface area contributed by atoms with Gasteiger partial charge < -0.3 is 20.9 Å². The van der Waals surface area contributed by atoms with E-state index in [9.17, 15) is 19.2 Å². The monoisotopic (exact) mass is 434 g/mol. The molecule has 1 aromatic carbocycles. The third-order valence-corrected chi connectivity index (χ3v) is 5.32. The van der Waals surface area contributed by atoms with Gasteiger partial charge in [-0.25, -0.2) is 0 Å². The number of halogens is 1. The molecule has 162 valence electrons. The first kappa shape index (κ1) is 23.5. The lowest BCUT2D eigenvalue weighted by atomic mass is 10.00. The van der Waals surface area contributed by atoms with Crippen LogP contribution in [0.1, 0.15) is 44.6 Å². The van der Waals surface area contributed by atoms with Crippen molar-refractivity contribution in [1.29, 1.82) is 5.41 Å². The quantitative estimate of drug-likeness (QED) is 0.513. The topological polar surface area (TPSA) is 119 Å². The minimum Gasteiger partial charge on any atom is -0.350 e. The molecule has 9 heteroatoms. The van der Waals surface area contributed by atoms with Gasteiger partial charge in [0.05, 0.1) is 6.21 Å². The van der Waals surface area contributed by atoms with E-state index in [1.165, 1.54) is 11.8 Å². The molecule has 1 saturated heterocycles. The number of likely N-dealkylation sites (tertiary alicyclic amines) is 1. The van der Waals surface area contributed by atoms with Gasteiger partial charge in [0.25, 0.3) is 0 Å². The number of carbonyl (C=O) groups is 4. The molecule has 8 nitrogen and oxygen atoms in total. The zero-order valence-electron chi connectivity index (χ0n) is 16.9. The van der Waals surface area contributed by atoms with Crippen molar-refractivity contribution in [2.45, 2.75) is 57.7 Å². The fourth-order valence-electron chi connectivity index (χ4n) is 3.39. The molecule has 0 unspecified atom stereocenters. The van der Waals surface area contributed by atoms with Crippen LogP contribution in [-0.2, 0) is 25.7 Å². The van der Waals surface area contributed by atoms with Crippen LogP contribution >= 0.6 is 11.6 Å². The molecule has 2 atom stereocenters. The lowest BCUT2D eigenvalue weighted by Crippen LogP contribution is -2.56. The SMILES string of the molecule is CC(=O)N1CCCC[C@H]1C(=O)N[C@@H](CCC(=O)C=N)C(=O)NCc1ccc(Cl)cc1. The van der Waals surface area contributed by atoms with Crippen LogP contribution in [-0.4, -0.2) is 53.2 Å². The Balaban J connectivity index is 2.04. The summed E-state index contributed by atoms with van der Waals surface area (Å²) in [4.78, 5) is 50.4. The van der Waals surface area contributed by atoms with Gasteiger partial charge in [-0.15, -0.1) is 0 Å². The predicted octanol–water partition coefficient (Wildman–Crippen LogP) is 1.84. The Morgan fingerprint density at radius 3 is 2.57 bits per heavy atom. The van der Waals surface area contributed by atoms with E-state index in [1.807, 2.05) is 0 Å². The fourth-order valence-corrected chi connectivity index (χ4v) is 3.52. The third-order valence-electron chi connectivity index (χ3n) is 5.06. The van der Waals surface area contributed by atoms with Gasteiger partial charge in [0.1, 0.15) is 12.1 Å². The highest BCUT2D eigenvalue weighted by molar-refractivity contribution is 6.30. The zero-order valence-corrected chi connectivity index (χ0v) is 17.7. The second-order valence-corrected chi connectivity index (χ2v) is 7.72. The Bertz CT molecular complexity index is 797. The van der Waals surface area contributed by atoms with Gasteiger partial charge in [0.15, 0.2) is 5.78 Å². The maximum absolute atomic E-state index is 12.8. The molecule has 0 radical (unpaired) electrons. The minimum atomic E-state index is -0.940. The summed E-state index contributed by atoms with van der Waals surface area (Å²) in [7, 11) is 0. The molecule has 1 heterocycles. The smallest absolute Gasteiger partial charge is 0.243 e. The van der Waals surface area contributed by atoms with Gasteiger partial charge in [-0.2, -0.15) is 0 Å². The number of hydrogen-bond acceptors (Lipinski definition) is 5. The summed E-state index contributed by atoms with van der Waals surface area (Å²) in [6, 6.07) is 5.42. The van der Waals surface area contributed by atoms with Crippen molar-refractivity contribution in [1.82, 2.24) is 15.5 Å². The molecule has 0 saturated carbocycles. The second kappa shape index (κ2) is 11.4. The number of piperidine rings is 1. The zero-order chi connectivity index (χ0) is 22.1. The molecule has 0 bridgehead atoms. The standard InChI is InChI=1S/C21H27ClN4O4/c1-14(27)26-11-3-2-4-19(26)21(30)25-18(10-9-17(28)12-23)20(29)24-13-15-5-7-16(22)8-6-15/h5-8,12,18-19,23H,2-4,9-11,13H2,1H3,(H,24,29)(H,25,30)/t18-,19-/m0/s1. The van der Waals surface area contributed by atoms with Gasteiger partial charge >= 0.3 is 0 Å². The van der Waals surface area contributed by atoms with Crippen LogP contribution in [0.3, 0.4) is 0 Å². The lowest BCUT2D eigenvalue weighted by molar-refractivity contribution is -0.141. The molecule has 0 aromatic heterocycles.